The van der Waals surface area contributed by atoms with E-state index in [2.05, 4.69) is 31.3 Å². The van der Waals surface area contributed by atoms with Gasteiger partial charge in [0, 0.05) is 27.7 Å². The Morgan fingerprint density at radius 3 is 2.48 bits per heavy atom. The van der Waals surface area contributed by atoms with Crippen molar-refractivity contribution in [1.82, 2.24) is 0 Å². The first-order valence-corrected chi connectivity index (χ1v) is 10.7. The van der Waals surface area contributed by atoms with Crippen molar-refractivity contribution >= 4 is 28.7 Å². The lowest BCUT2D eigenvalue weighted by Crippen LogP contribution is -2.22. The van der Waals surface area contributed by atoms with Crippen LogP contribution in [-0.4, -0.2) is 11.1 Å². The van der Waals surface area contributed by atoms with E-state index in [4.69, 9.17) is 5.73 Å². The van der Waals surface area contributed by atoms with Crippen molar-refractivity contribution < 1.29 is 9.90 Å². The molecule has 5 heteroatoms. The van der Waals surface area contributed by atoms with Gasteiger partial charge in [0.25, 0.3) is 0 Å². The Kier molecular flexibility index (Phi) is 5.09. The average molecular weight is 407 g/mol. The van der Waals surface area contributed by atoms with E-state index in [1.165, 1.54) is 4.88 Å². The number of nitrogens with two attached hydrogens (primary N) is 1. The van der Waals surface area contributed by atoms with Crippen LogP contribution in [0.3, 0.4) is 0 Å². The van der Waals surface area contributed by atoms with Crippen molar-refractivity contribution in [3.8, 4) is 10.4 Å². The number of fused-ring (bicyclic) bond motifs is 1. The number of aryl methyl sites for hydroxylation is 1. The summed E-state index contributed by atoms with van der Waals surface area (Å²) < 4.78 is 0. The highest BCUT2D eigenvalue weighted by atomic mass is 32.1. The topological polar surface area (TPSA) is 75.3 Å². The van der Waals surface area contributed by atoms with Gasteiger partial charge < -0.3 is 16.2 Å². The number of nitrogen functional groups attached to an aromatic ring is 1. The Morgan fingerprint density at radius 1 is 1.14 bits per heavy atom. The second-order valence-electron chi connectivity index (χ2n) is 8.53. The molecule has 3 aromatic rings. The van der Waals surface area contributed by atoms with Gasteiger partial charge >= 0.3 is 5.97 Å². The highest BCUT2D eigenvalue weighted by molar-refractivity contribution is 7.16. The Hall–Kier alpha value is -2.79. The predicted molar refractivity (Wildman–Crippen MR) is 121 cm³/mol. The lowest BCUT2D eigenvalue weighted by molar-refractivity contribution is 0.0696. The molecule has 0 fully saturated rings. The van der Waals surface area contributed by atoms with Crippen LogP contribution in [-0.2, 0) is 19.4 Å². The summed E-state index contributed by atoms with van der Waals surface area (Å²) >= 11 is 1.65. The average Bonchev–Trinajstić information content (AvgIpc) is 3.05. The van der Waals surface area contributed by atoms with Crippen molar-refractivity contribution in [3.05, 3.63) is 70.1 Å². The number of rotatable bonds is 5. The van der Waals surface area contributed by atoms with Crippen LogP contribution in [0, 0.1) is 5.41 Å². The second-order valence-corrected chi connectivity index (χ2v) is 9.63. The molecule has 0 saturated carbocycles. The molecule has 4 nitrogen and oxygen atoms in total. The summed E-state index contributed by atoms with van der Waals surface area (Å²) in [7, 11) is 0. The predicted octanol–water partition coefficient (Wildman–Crippen LogP) is 5.82. The summed E-state index contributed by atoms with van der Waals surface area (Å²) in [6, 6.07) is 15.9. The maximum absolute atomic E-state index is 12.1. The van der Waals surface area contributed by atoms with Crippen LogP contribution in [0.15, 0.2) is 48.5 Å². The summed E-state index contributed by atoms with van der Waals surface area (Å²) in [6.07, 6.45) is 2.91. The van der Waals surface area contributed by atoms with E-state index in [1.807, 2.05) is 36.4 Å². The number of aromatic carboxylic acids is 1. The van der Waals surface area contributed by atoms with Crippen molar-refractivity contribution in [2.45, 2.75) is 39.7 Å². The van der Waals surface area contributed by atoms with Gasteiger partial charge in [-0.1, -0.05) is 38.1 Å². The molecular formula is C24H26N2O2S. The number of carboxylic acids is 1. The largest absolute Gasteiger partial charge is 0.478 e. The molecule has 4 rings (SSSR count). The summed E-state index contributed by atoms with van der Waals surface area (Å²) in [5.74, 6) is -0.815. The smallest absolute Gasteiger partial charge is 0.337 e. The highest BCUT2D eigenvalue weighted by Gasteiger charge is 2.32. The van der Waals surface area contributed by atoms with E-state index in [9.17, 15) is 9.90 Å². The van der Waals surface area contributed by atoms with E-state index in [0.29, 0.717) is 12.1 Å². The second kappa shape index (κ2) is 7.56. The third-order valence-corrected chi connectivity index (χ3v) is 6.95. The Morgan fingerprint density at radius 2 is 1.83 bits per heavy atom. The molecule has 0 unspecified atom stereocenters. The zero-order valence-corrected chi connectivity index (χ0v) is 17.6. The van der Waals surface area contributed by atoms with Crippen molar-refractivity contribution in [3.63, 3.8) is 0 Å². The zero-order chi connectivity index (χ0) is 20.6. The van der Waals surface area contributed by atoms with Gasteiger partial charge in [-0.25, -0.2) is 4.79 Å². The van der Waals surface area contributed by atoms with Crippen molar-refractivity contribution in [2.24, 2.45) is 5.41 Å². The lowest BCUT2D eigenvalue weighted by atomic mass is 9.76. The lowest BCUT2D eigenvalue weighted by Gasteiger charge is -2.29. The Labute approximate surface area is 175 Å². The summed E-state index contributed by atoms with van der Waals surface area (Å²) in [5, 5.41) is 13.3. The van der Waals surface area contributed by atoms with Crippen LogP contribution in [0.5, 0.6) is 0 Å². The van der Waals surface area contributed by atoms with Crippen molar-refractivity contribution in [1.29, 1.82) is 0 Å². The van der Waals surface area contributed by atoms with Crippen molar-refractivity contribution in [2.75, 3.05) is 11.1 Å². The Bertz CT molecular complexity index is 1030. The van der Waals surface area contributed by atoms with Gasteiger partial charge in [0.05, 0.1) is 5.56 Å². The van der Waals surface area contributed by atoms with Gasteiger partial charge in [0.15, 0.2) is 0 Å². The van der Waals surface area contributed by atoms with E-state index in [-0.39, 0.29) is 5.41 Å². The first-order chi connectivity index (χ1) is 13.8. The number of hydrogen-bond acceptors (Lipinski definition) is 4. The molecule has 0 saturated heterocycles. The van der Waals surface area contributed by atoms with Gasteiger partial charge in [-0.2, -0.15) is 0 Å². The van der Waals surface area contributed by atoms with Crippen LogP contribution < -0.4 is 11.1 Å². The quantitative estimate of drug-likeness (QED) is 0.467. The molecule has 0 amide bonds. The molecule has 4 N–H and O–H groups in total. The molecule has 0 atom stereocenters. The van der Waals surface area contributed by atoms with Gasteiger partial charge in [-0.3, -0.25) is 0 Å². The van der Waals surface area contributed by atoms with Gasteiger partial charge in [-0.05, 0) is 65.6 Å². The number of benzene rings is 2. The highest BCUT2D eigenvalue weighted by Crippen LogP contribution is 2.45. The van der Waals surface area contributed by atoms with E-state index >= 15 is 0 Å². The molecule has 0 radical (unpaired) electrons. The first kappa shape index (κ1) is 19.5. The molecule has 1 aliphatic rings. The third-order valence-electron chi connectivity index (χ3n) is 5.61. The molecule has 2 aromatic carbocycles. The molecule has 1 heterocycles. The molecule has 29 heavy (non-hydrogen) atoms. The third kappa shape index (κ3) is 4.15. The van der Waals surface area contributed by atoms with Gasteiger partial charge in [-0.15, -0.1) is 11.3 Å². The fourth-order valence-electron chi connectivity index (χ4n) is 3.93. The van der Waals surface area contributed by atoms with Crippen LogP contribution in [0.2, 0.25) is 0 Å². The summed E-state index contributed by atoms with van der Waals surface area (Å²) in [6.45, 7) is 5.15. The van der Waals surface area contributed by atoms with Gasteiger partial charge in [0.1, 0.15) is 0 Å². The Balaban J connectivity index is 1.57. The van der Waals surface area contributed by atoms with Crippen LogP contribution in [0.4, 0.5) is 11.4 Å². The number of carboxylic acid groups (broad SMARTS) is 1. The number of nitrogens with one attached hydrogen (secondary N) is 1. The number of anilines is 2. The minimum atomic E-state index is -0.815. The maximum Gasteiger partial charge on any atom is 0.337 e. The SMILES string of the molecule is CC1(C)CCc2sc(-c3ccc(CNc4ccc(N)cc4)cc3)c(C(=O)O)c2C1. The molecule has 1 aromatic heterocycles. The number of hydrogen-bond donors (Lipinski definition) is 3. The first-order valence-electron chi connectivity index (χ1n) is 9.89. The molecule has 0 aliphatic heterocycles. The van der Waals surface area contributed by atoms with Crippen LogP contribution in [0.1, 0.15) is 46.6 Å². The number of thiophene rings is 1. The zero-order valence-electron chi connectivity index (χ0n) is 16.8. The molecule has 0 spiro atoms. The summed E-state index contributed by atoms with van der Waals surface area (Å²) in [4.78, 5) is 14.2. The maximum atomic E-state index is 12.1. The van der Waals surface area contributed by atoms with Gasteiger partial charge in [0.2, 0.25) is 0 Å². The van der Waals surface area contributed by atoms with E-state index in [1.54, 1.807) is 11.3 Å². The fraction of sp³-hybridized carbons (Fsp3) is 0.292. The molecule has 0 bridgehead atoms. The number of carbonyl (C=O) groups is 1. The van der Waals surface area contributed by atoms with Crippen LogP contribution in [0.25, 0.3) is 10.4 Å². The molecular weight excluding hydrogens is 380 g/mol. The standard InChI is InChI=1S/C24H26N2O2S/c1-24(2)12-11-20-19(13-24)21(23(27)28)22(29-20)16-5-3-15(4-6-16)14-26-18-9-7-17(25)8-10-18/h3-10,26H,11-14,25H2,1-2H3,(H,27,28). The van der Waals surface area contributed by atoms with E-state index < -0.39 is 5.97 Å². The monoisotopic (exact) mass is 406 g/mol. The minimum Gasteiger partial charge on any atom is -0.478 e. The normalized spacial score (nSPS) is 15.0. The molecule has 150 valence electrons. The van der Waals surface area contributed by atoms with E-state index in [0.717, 1.165) is 52.2 Å². The minimum absolute atomic E-state index is 0.160. The summed E-state index contributed by atoms with van der Waals surface area (Å²) in [5.41, 5.74) is 11.3. The molecule has 1 aliphatic carbocycles. The fourth-order valence-corrected chi connectivity index (χ4v) is 5.24. The van der Waals surface area contributed by atoms with Crippen LogP contribution >= 0.6 is 11.3 Å².